The van der Waals surface area contributed by atoms with Gasteiger partial charge in [-0.05, 0) is 28.1 Å². The first-order valence-corrected chi connectivity index (χ1v) is 5.58. The highest BCUT2D eigenvalue weighted by atomic mass is 79.9. The molecule has 2 rings (SSSR count). The van der Waals surface area contributed by atoms with Gasteiger partial charge >= 0.3 is 6.09 Å². The van der Waals surface area contributed by atoms with Gasteiger partial charge in [0, 0.05) is 7.11 Å². The van der Waals surface area contributed by atoms with E-state index in [1.807, 2.05) is 6.07 Å². The molecule has 2 heterocycles. The van der Waals surface area contributed by atoms with Crippen LogP contribution in [0.1, 0.15) is 0 Å². The van der Waals surface area contributed by atoms with Crippen LogP contribution in [0.25, 0.3) is 0 Å². The molecule has 0 spiro atoms. The number of pyridine rings is 1. The lowest BCUT2D eigenvalue weighted by molar-refractivity contribution is 0.0718. The smallest absolute Gasteiger partial charge is 0.414 e. The summed E-state index contributed by atoms with van der Waals surface area (Å²) in [6, 6.07) is 3.60. The number of aromatic nitrogens is 1. The van der Waals surface area contributed by atoms with Gasteiger partial charge in [0.1, 0.15) is 10.7 Å². The van der Waals surface area contributed by atoms with Crippen LogP contribution in [0.2, 0.25) is 0 Å². The van der Waals surface area contributed by atoms with Gasteiger partial charge < -0.3 is 9.47 Å². The summed E-state index contributed by atoms with van der Waals surface area (Å²) in [4.78, 5) is 17.2. The molecule has 5 nitrogen and oxygen atoms in total. The molecule has 0 bridgehead atoms. The Labute approximate surface area is 101 Å². The number of ether oxygens (including phenoxy) is 2. The molecule has 0 saturated carbocycles. The predicted octanol–water partition coefficient (Wildman–Crippen LogP) is 1.82. The van der Waals surface area contributed by atoms with E-state index in [1.165, 1.54) is 0 Å². The number of methoxy groups -OCH3 is 1. The maximum absolute atomic E-state index is 11.6. The van der Waals surface area contributed by atoms with Gasteiger partial charge in [-0.25, -0.2) is 9.78 Å². The van der Waals surface area contributed by atoms with E-state index in [0.717, 1.165) is 10.3 Å². The molecule has 16 heavy (non-hydrogen) atoms. The lowest BCUT2D eigenvalue weighted by atomic mass is 10.3. The van der Waals surface area contributed by atoms with Crippen LogP contribution >= 0.6 is 15.9 Å². The molecular weight excluding hydrogens is 276 g/mol. The fourth-order valence-corrected chi connectivity index (χ4v) is 1.77. The average molecular weight is 287 g/mol. The molecular formula is C10H11BrN2O3. The van der Waals surface area contributed by atoms with Gasteiger partial charge in [-0.15, -0.1) is 0 Å². The Morgan fingerprint density at radius 3 is 3.12 bits per heavy atom. The van der Waals surface area contributed by atoms with Gasteiger partial charge in [0.15, 0.2) is 0 Å². The van der Waals surface area contributed by atoms with E-state index in [0.29, 0.717) is 13.2 Å². The fraction of sp³-hybridized carbons (Fsp3) is 0.400. The zero-order valence-corrected chi connectivity index (χ0v) is 10.3. The van der Waals surface area contributed by atoms with Gasteiger partial charge in [-0.2, -0.15) is 0 Å². The molecule has 0 radical (unpaired) electrons. The molecule has 86 valence electrons. The van der Waals surface area contributed by atoms with Crippen LogP contribution in [0.5, 0.6) is 0 Å². The van der Waals surface area contributed by atoms with Gasteiger partial charge in [-0.3, -0.25) is 4.90 Å². The van der Waals surface area contributed by atoms with Crippen LogP contribution in [-0.2, 0) is 9.47 Å². The fourth-order valence-electron chi connectivity index (χ4n) is 1.53. The normalized spacial score (nSPS) is 20.0. The Morgan fingerprint density at radius 2 is 2.50 bits per heavy atom. The van der Waals surface area contributed by atoms with E-state index >= 15 is 0 Å². The van der Waals surface area contributed by atoms with E-state index in [4.69, 9.17) is 9.47 Å². The van der Waals surface area contributed by atoms with Crippen molar-refractivity contribution < 1.29 is 14.3 Å². The highest BCUT2D eigenvalue weighted by Crippen LogP contribution is 2.21. The number of cyclic esters (lactones) is 1. The third-order valence-electron chi connectivity index (χ3n) is 2.25. The second-order valence-corrected chi connectivity index (χ2v) is 4.22. The maximum Gasteiger partial charge on any atom is 0.414 e. The number of carbonyl (C=O) groups is 1. The number of rotatable bonds is 3. The van der Waals surface area contributed by atoms with Crippen LogP contribution in [0.4, 0.5) is 10.5 Å². The number of hydrogen-bond donors (Lipinski definition) is 0. The Kier molecular flexibility index (Phi) is 3.40. The van der Waals surface area contributed by atoms with E-state index in [9.17, 15) is 4.79 Å². The number of amides is 1. The minimum Gasteiger partial charge on any atom is -0.441 e. The monoisotopic (exact) mass is 286 g/mol. The van der Waals surface area contributed by atoms with Crippen LogP contribution < -0.4 is 4.90 Å². The SMILES string of the molecule is COCC1CN(c2ccc(Br)nc2)C(=O)O1. The van der Waals surface area contributed by atoms with Gasteiger partial charge in [0.05, 0.1) is 25.0 Å². The third-order valence-corrected chi connectivity index (χ3v) is 2.72. The minimum absolute atomic E-state index is 0.207. The van der Waals surface area contributed by atoms with Crippen molar-refractivity contribution in [3.63, 3.8) is 0 Å². The molecule has 0 aromatic carbocycles. The molecule has 1 amide bonds. The molecule has 6 heteroatoms. The maximum atomic E-state index is 11.6. The second-order valence-electron chi connectivity index (χ2n) is 3.41. The largest absolute Gasteiger partial charge is 0.441 e. The minimum atomic E-state index is -0.355. The van der Waals surface area contributed by atoms with Crippen molar-refractivity contribution in [2.24, 2.45) is 0 Å². The number of nitrogens with zero attached hydrogens (tertiary/aromatic N) is 2. The molecule has 1 aromatic rings. The van der Waals surface area contributed by atoms with Crippen LogP contribution in [0.15, 0.2) is 22.9 Å². The summed E-state index contributed by atoms with van der Waals surface area (Å²) in [5.41, 5.74) is 0.729. The molecule has 0 N–H and O–H groups in total. The second kappa shape index (κ2) is 4.80. The first-order valence-electron chi connectivity index (χ1n) is 4.79. The van der Waals surface area contributed by atoms with Crippen LogP contribution in [0.3, 0.4) is 0 Å². The Balaban J connectivity index is 2.10. The molecule has 1 aromatic heterocycles. The third kappa shape index (κ3) is 2.33. The van der Waals surface area contributed by atoms with Gasteiger partial charge in [-0.1, -0.05) is 0 Å². The van der Waals surface area contributed by atoms with Crippen molar-refractivity contribution in [3.8, 4) is 0 Å². The first kappa shape index (κ1) is 11.3. The van der Waals surface area contributed by atoms with E-state index in [2.05, 4.69) is 20.9 Å². The van der Waals surface area contributed by atoms with Crippen molar-refractivity contribution >= 4 is 27.7 Å². The van der Waals surface area contributed by atoms with E-state index < -0.39 is 0 Å². The highest BCUT2D eigenvalue weighted by molar-refractivity contribution is 9.10. The summed E-state index contributed by atoms with van der Waals surface area (Å²) in [6.07, 6.45) is 1.06. The molecule has 1 aliphatic heterocycles. The Bertz CT molecular complexity index is 382. The van der Waals surface area contributed by atoms with Crippen molar-refractivity contribution in [2.45, 2.75) is 6.10 Å². The quantitative estimate of drug-likeness (QED) is 0.796. The predicted molar refractivity (Wildman–Crippen MR) is 61.4 cm³/mol. The average Bonchev–Trinajstić information content (AvgIpc) is 2.61. The number of carbonyl (C=O) groups excluding carboxylic acids is 1. The van der Waals surface area contributed by atoms with Crippen molar-refractivity contribution in [1.29, 1.82) is 0 Å². The zero-order valence-electron chi connectivity index (χ0n) is 8.72. The molecule has 1 atom stereocenters. The summed E-state index contributed by atoms with van der Waals surface area (Å²) in [6.45, 7) is 0.905. The molecule has 1 saturated heterocycles. The van der Waals surface area contributed by atoms with Crippen molar-refractivity contribution in [1.82, 2.24) is 4.98 Å². The standard InChI is InChI=1S/C10H11BrN2O3/c1-15-6-8-5-13(10(14)16-8)7-2-3-9(11)12-4-7/h2-4,8H,5-6H2,1H3. The molecule has 1 aliphatic rings. The Morgan fingerprint density at radius 1 is 1.69 bits per heavy atom. The summed E-state index contributed by atoms with van der Waals surface area (Å²) < 4.78 is 10.8. The first-order chi connectivity index (χ1) is 7.70. The van der Waals surface area contributed by atoms with E-state index in [1.54, 1.807) is 24.3 Å². The lowest BCUT2D eigenvalue weighted by Crippen LogP contribution is -2.25. The molecule has 0 aliphatic carbocycles. The van der Waals surface area contributed by atoms with E-state index in [-0.39, 0.29) is 12.2 Å². The summed E-state index contributed by atoms with van der Waals surface area (Å²) in [5, 5.41) is 0. The summed E-state index contributed by atoms with van der Waals surface area (Å²) in [5.74, 6) is 0. The Hall–Kier alpha value is -1.14. The number of anilines is 1. The van der Waals surface area contributed by atoms with Gasteiger partial charge in [0.25, 0.3) is 0 Å². The number of halogens is 1. The van der Waals surface area contributed by atoms with Crippen molar-refractivity contribution in [2.75, 3.05) is 25.2 Å². The topological polar surface area (TPSA) is 51.7 Å². The molecule has 1 unspecified atom stereocenters. The van der Waals surface area contributed by atoms with Gasteiger partial charge in [0.2, 0.25) is 0 Å². The summed E-state index contributed by atoms with van der Waals surface area (Å²) in [7, 11) is 1.58. The lowest BCUT2D eigenvalue weighted by Gasteiger charge is -2.11. The van der Waals surface area contributed by atoms with Crippen LogP contribution in [0, 0.1) is 0 Å². The number of hydrogen-bond acceptors (Lipinski definition) is 4. The van der Waals surface area contributed by atoms with Crippen LogP contribution in [-0.4, -0.2) is 37.4 Å². The highest BCUT2D eigenvalue weighted by Gasteiger charge is 2.32. The van der Waals surface area contributed by atoms with Crippen molar-refractivity contribution in [3.05, 3.63) is 22.9 Å². The summed E-state index contributed by atoms with van der Waals surface area (Å²) >= 11 is 3.24. The zero-order chi connectivity index (χ0) is 11.5. The molecule has 1 fully saturated rings.